The molecule has 0 amide bonds. The van der Waals surface area contributed by atoms with Gasteiger partial charge >= 0.3 is 0 Å². The van der Waals surface area contributed by atoms with E-state index < -0.39 is 0 Å². The third kappa shape index (κ3) is 2.00. The summed E-state index contributed by atoms with van der Waals surface area (Å²) in [5.74, 6) is 1.61. The van der Waals surface area contributed by atoms with Gasteiger partial charge in [0.2, 0.25) is 0 Å². The predicted molar refractivity (Wildman–Crippen MR) is 64.8 cm³/mol. The van der Waals surface area contributed by atoms with Gasteiger partial charge in [-0.05, 0) is 12.1 Å². The molecule has 0 atom stereocenters. The van der Waals surface area contributed by atoms with Crippen molar-refractivity contribution in [1.29, 1.82) is 0 Å². The number of anilines is 1. The topological polar surface area (TPSA) is 87.6 Å². The molecule has 94 valence electrons. The number of rotatable bonds is 4. The lowest BCUT2D eigenvalue weighted by Gasteiger charge is -2.10. The van der Waals surface area contributed by atoms with E-state index in [9.17, 15) is 4.79 Å². The summed E-state index contributed by atoms with van der Waals surface area (Å²) in [6, 6.07) is 4.75. The highest BCUT2D eigenvalue weighted by atomic mass is 16.5. The normalized spacial score (nSPS) is 10.1. The van der Waals surface area contributed by atoms with Crippen LogP contribution in [0.2, 0.25) is 0 Å². The van der Waals surface area contributed by atoms with Gasteiger partial charge in [-0.25, -0.2) is 0 Å². The molecule has 6 heteroatoms. The second kappa shape index (κ2) is 4.79. The molecule has 1 aromatic heterocycles. The number of nitrogens with two attached hydrogens (primary N) is 1. The number of aromatic nitrogens is 1. The Labute approximate surface area is 103 Å². The first kappa shape index (κ1) is 12.0. The van der Waals surface area contributed by atoms with E-state index in [0.29, 0.717) is 34.7 Å². The van der Waals surface area contributed by atoms with Crippen LogP contribution in [0.5, 0.6) is 11.5 Å². The van der Waals surface area contributed by atoms with E-state index in [4.69, 9.17) is 19.7 Å². The van der Waals surface area contributed by atoms with Crippen LogP contribution in [-0.4, -0.2) is 25.7 Å². The van der Waals surface area contributed by atoms with Crippen molar-refractivity contribution in [2.24, 2.45) is 0 Å². The van der Waals surface area contributed by atoms with E-state index in [2.05, 4.69) is 5.16 Å². The summed E-state index contributed by atoms with van der Waals surface area (Å²) >= 11 is 0. The summed E-state index contributed by atoms with van der Waals surface area (Å²) in [6.07, 6.45) is 0.704. The monoisotopic (exact) mass is 248 g/mol. The molecule has 2 N–H and O–H groups in total. The summed E-state index contributed by atoms with van der Waals surface area (Å²) < 4.78 is 15.3. The van der Waals surface area contributed by atoms with Gasteiger partial charge in [-0.2, -0.15) is 0 Å². The molecular weight excluding hydrogens is 236 g/mol. The molecule has 6 nitrogen and oxygen atoms in total. The molecular formula is C12H12N2O4. The predicted octanol–water partition coefficient (Wildman–Crippen LogP) is 1.75. The van der Waals surface area contributed by atoms with Crippen LogP contribution in [0.3, 0.4) is 0 Å². The number of hydrogen-bond donors (Lipinski definition) is 1. The number of carbonyl (C=O) groups is 1. The van der Waals surface area contributed by atoms with Gasteiger partial charge in [-0.1, -0.05) is 5.16 Å². The number of benzene rings is 1. The van der Waals surface area contributed by atoms with Crippen LogP contribution < -0.4 is 15.2 Å². The molecule has 1 heterocycles. The Kier molecular flexibility index (Phi) is 3.18. The van der Waals surface area contributed by atoms with Gasteiger partial charge in [0.05, 0.1) is 14.2 Å². The summed E-state index contributed by atoms with van der Waals surface area (Å²) in [4.78, 5) is 11.1. The van der Waals surface area contributed by atoms with Gasteiger partial charge < -0.3 is 19.7 Å². The smallest absolute Gasteiger partial charge is 0.169 e. The maximum atomic E-state index is 11.1. The largest absolute Gasteiger partial charge is 0.493 e. The number of carbonyl (C=O) groups excluding carboxylic acids is 1. The summed E-state index contributed by atoms with van der Waals surface area (Å²) in [6.45, 7) is 0. The van der Waals surface area contributed by atoms with Crippen LogP contribution in [0.15, 0.2) is 22.7 Å². The third-order valence-electron chi connectivity index (χ3n) is 2.48. The molecule has 1 aromatic carbocycles. The van der Waals surface area contributed by atoms with Gasteiger partial charge in [0.15, 0.2) is 29.4 Å². The Morgan fingerprint density at radius 3 is 2.39 bits per heavy atom. The van der Waals surface area contributed by atoms with Gasteiger partial charge in [-0.3, -0.25) is 4.79 Å². The van der Waals surface area contributed by atoms with Crippen molar-refractivity contribution in [3.63, 3.8) is 0 Å². The highest BCUT2D eigenvalue weighted by Crippen LogP contribution is 2.35. The number of hydrogen-bond acceptors (Lipinski definition) is 6. The SMILES string of the molecule is COc1cc(C=O)c(-c2cc(N)no2)cc1OC. The minimum absolute atomic E-state index is 0.247. The highest BCUT2D eigenvalue weighted by molar-refractivity contribution is 5.88. The van der Waals surface area contributed by atoms with Gasteiger partial charge in [-0.15, -0.1) is 0 Å². The lowest BCUT2D eigenvalue weighted by atomic mass is 10.0. The van der Waals surface area contributed by atoms with Gasteiger partial charge in [0.25, 0.3) is 0 Å². The van der Waals surface area contributed by atoms with Crippen molar-refractivity contribution in [2.45, 2.75) is 0 Å². The van der Waals surface area contributed by atoms with Crippen LogP contribution in [-0.2, 0) is 0 Å². The Morgan fingerprint density at radius 1 is 1.22 bits per heavy atom. The maximum Gasteiger partial charge on any atom is 0.169 e. The first-order valence-corrected chi connectivity index (χ1v) is 5.13. The molecule has 0 aliphatic heterocycles. The molecule has 0 fully saturated rings. The number of nitrogen functional groups attached to an aromatic ring is 1. The summed E-state index contributed by atoms with van der Waals surface area (Å²) in [5.41, 5.74) is 6.44. The second-order valence-electron chi connectivity index (χ2n) is 3.53. The third-order valence-corrected chi connectivity index (χ3v) is 2.48. The molecule has 2 rings (SSSR count). The zero-order valence-electron chi connectivity index (χ0n) is 9.97. The molecule has 2 aromatic rings. The van der Waals surface area contributed by atoms with Crippen molar-refractivity contribution in [3.8, 4) is 22.8 Å². The van der Waals surface area contributed by atoms with Gasteiger partial charge in [0, 0.05) is 17.2 Å². The molecule has 0 aliphatic rings. The number of nitrogens with zero attached hydrogens (tertiary/aromatic N) is 1. The highest BCUT2D eigenvalue weighted by Gasteiger charge is 2.15. The Morgan fingerprint density at radius 2 is 1.89 bits per heavy atom. The van der Waals surface area contributed by atoms with Crippen molar-refractivity contribution in [2.75, 3.05) is 20.0 Å². The van der Waals surface area contributed by atoms with Crippen molar-refractivity contribution in [1.82, 2.24) is 5.16 Å². The van der Waals surface area contributed by atoms with Crippen LogP contribution in [0, 0.1) is 0 Å². The molecule has 0 saturated heterocycles. The number of aldehydes is 1. The second-order valence-corrected chi connectivity index (χ2v) is 3.53. The Hall–Kier alpha value is -2.50. The average molecular weight is 248 g/mol. The molecule has 0 spiro atoms. The number of methoxy groups -OCH3 is 2. The lowest BCUT2D eigenvalue weighted by molar-refractivity contribution is 0.112. The Bertz CT molecular complexity index is 577. The van der Waals surface area contributed by atoms with E-state index in [1.807, 2.05) is 0 Å². The van der Waals surface area contributed by atoms with E-state index in [-0.39, 0.29) is 5.82 Å². The van der Waals surface area contributed by atoms with Gasteiger partial charge in [0.1, 0.15) is 0 Å². The zero-order chi connectivity index (χ0) is 13.1. The molecule has 0 saturated carbocycles. The molecule has 0 bridgehead atoms. The van der Waals surface area contributed by atoms with Crippen LogP contribution in [0.25, 0.3) is 11.3 Å². The first-order chi connectivity index (χ1) is 8.69. The van der Waals surface area contributed by atoms with Crippen molar-refractivity contribution in [3.05, 3.63) is 23.8 Å². The zero-order valence-corrected chi connectivity index (χ0v) is 9.97. The van der Waals surface area contributed by atoms with Crippen molar-refractivity contribution < 1.29 is 18.8 Å². The van der Waals surface area contributed by atoms with Crippen LogP contribution in [0.4, 0.5) is 5.82 Å². The fourth-order valence-corrected chi connectivity index (χ4v) is 1.62. The quantitative estimate of drug-likeness (QED) is 0.829. The van der Waals surface area contributed by atoms with E-state index in [1.165, 1.54) is 20.3 Å². The molecule has 0 unspecified atom stereocenters. The molecule has 18 heavy (non-hydrogen) atoms. The molecule has 0 radical (unpaired) electrons. The summed E-state index contributed by atoms with van der Waals surface area (Å²) in [5, 5.41) is 3.58. The van der Waals surface area contributed by atoms with E-state index in [1.54, 1.807) is 12.1 Å². The fraction of sp³-hybridized carbons (Fsp3) is 0.167. The van der Waals surface area contributed by atoms with E-state index >= 15 is 0 Å². The lowest BCUT2D eigenvalue weighted by Crippen LogP contribution is -1.95. The van der Waals surface area contributed by atoms with E-state index in [0.717, 1.165) is 0 Å². The minimum atomic E-state index is 0.247. The minimum Gasteiger partial charge on any atom is -0.493 e. The average Bonchev–Trinajstić information content (AvgIpc) is 2.83. The Balaban J connectivity index is 2.62. The first-order valence-electron chi connectivity index (χ1n) is 5.13. The van der Waals surface area contributed by atoms with Crippen molar-refractivity contribution >= 4 is 12.1 Å². The number of ether oxygens (including phenoxy) is 2. The van der Waals surface area contributed by atoms with Crippen LogP contribution >= 0.6 is 0 Å². The maximum absolute atomic E-state index is 11.1. The standard InChI is InChI=1S/C12H12N2O4/c1-16-10-3-7(6-15)8(4-11(10)17-2)9-5-12(13)14-18-9/h3-6H,1-2H3,(H2,13,14). The summed E-state index contributed by atoms with van der Waals surface area (Å²) in [7, 11) is 3.01. The fourth-order valence-electron chi connectivity index (χ4n) is 1.62. The van der Waals surface area contributed by atoms with Crippen LogP contribution in [0.1, 0.15) is 10.4 Å². The molecule has 0 aliphatic carbocycles.